The van der Waals surface area contributed by atoms with E-state index in [-0.39, 0.29) is 0 Å². The van der Waals surface area contributed by atoms with Crippen LogP contribution in [0.15, 0.2) is 96.2 Å². The molecule has 7 unspecified atom stereocenters. The van der Waals surface area contributed by atoms with Crippen LogP contribution >= 0.6 is 0 Å². The molecule has 0 spiro atoms. The summed E-state index contributed by atoms with van der Waals surface area (Å²) in [6.07, 6.45) is 41.0. The number of hydrogen-bond acceptors (Lipinski definition) is 4. The lowest BCUT2D eigenvalue weighted by Crippen LogP contribution is -2.53. The number of rotatable bonds is 7. The lowest BCUT2D eigenvalue weighted by molar-refractivity contribution is 0.0596. The fourth-order valence-electron chi connectivity index (χ4n) is 7.18. The van der Waals surface area contributed by atoms with Crippen LogP contribution in [0.4, 0.5) is 0 Å². The minimum absolute atomic E-state index is 0.390. The predicted molar refractivity (Wildman–Crippen MR) is 150 cm³/mol. The van der Waals surface area contributed by atoms with Crippen LogP contribution in [-0.2, 0) is 0 Å². The fourth-order valence-corrected chi connectivity index (χ4v) is 7.18. The van der Waals surface area contributed by atoms with Crippen LogP contribution in [-0.4, -0.2) is 53.8 Å². The summed E-state index contributed by atoms with van der Waals surface area (Å²) in [5.41, 5.74) is 6.89. The van der Waals surface area contributed by atoms with E-state index in [1.54, 1.807) is 11.1 Å². The monoisotopic (exact) mass is 482 g/mol. The Labute approximate surface area is 217 Å². The molecule has 0 aromatic rings. The van der Waals surface area contributed by atoms with Gasteiger partial charge in [0.05, 0.1) is 6.67 Å². The Kier molecular flexibility index (Phi) is 7.38. The second-order valence-corrected chi connectivity index (χ2v) is 11.3. The van der Waals surface area contributed by atoms with Gasteiger partial charge in [-0.15, -0.1) is 0 Å². The lowest BCUT2D eigenvalue weighted by atomic mass is 9.79. The van der Waals surface area contributed by atoms with Gasteiger partial charge in [-0.1, -0.05) is 85.1 Å². The summed E-state index contributed by atoms with van der Waals surface area (Å²) in [5.74, 6) is 1.26. The maximum Gasteiger partial charge on any atom is 0.0650 e. The standard InChI is InChI=1S/C32H42N4/c1-35(34-27-13-6-3-7-14-27)23-36-30-17-9-8-15-28(30)32-29(16-10-18-31(32)36)33-26-21-19-25(20-22-26)24-11-4-2-5-12-24/h2-4,6-10,13,15-16,19-21,24,26-27,29-34H,5,11-12,14,17-18,22-23H2,1H3. The van der Waals surface area contributed by atoms with Gasteiger partial charge in [0.2, 0.25) is 0 Å². The zero-order valence-electron chi connectivity index (χ0n) is 21.7. The molecule has 7 atom stereocenters. The Morgan fingerprint density at radius 2 is 1.83 bits per heavy atom. The molecular weight excluding hydrogens is 440 g/mol. The van der Waals surface area contributed by atoms with Crippen LogP contribution in [0.25, 0.3) is 0 Å². The number of likely N-dealkylation sites (tertiary alicyclic amines) is 1. The molecular formula is C32H42N4. The van der Waals surface area contributed by atoms with Gasteiger partial charge in [0.15, 0.2) is 0 Å². The molecule has 190 valence electrons. The van der Waals surface area contributed by atoms with Crippen molar-refractivity contribution in [3.05, 3.63) is 96.2 Å². The summed E-state index contributed by atoms with van der Waals surface area (Å²) in [7, 11) is 2.20. The van der Waals surface area contributed by atoms with Crippen LogP contribution < -0.4 is 10.7 Å². The molecule has 4 nitrogen and oxygen atoms in total. The average molecular weight is 483 g/mol. The molecule has 1 heterocycles. The number of nitrogens with one attached hydrogen (secondary N) is 2. The first-order valence-corrected chi connectivity index (χ1v) is 14.2. The highest BCUT2D eigenvalue weighted by Crippen LogP contribution is 2.44. The first-order valence-electron chi connectivity index (χ1n) is 14.2. The maximum absolute atomic E-state index is 4.06. The van der Waals surface area contributed by atoms with Crippen molar-refractivity contribution in [1.29, 1.82) is 0 Å². The average Bonchev–Trinajstić information content (AvgIpc) is 3.24. The minimum atomic E-state index is 0.390. The van der Waals surface area contributed by atoms with Crippen molar-refractivity contribution in [2.75, 3.05) is 13.7 Å². The molecule has 6 aliphatic rings. The van der Waals surface area contributed by atoms with Crippen LogP contribution in [0.3, 0.4) is 0 Å². The zero-order chi connectivity index (χ0) is 24.3. The highest BCUT2D eigenvalue weighted by molar-refractivity contribution is 5.37. The first-order chi connectivity index (χ1) is 17.8. The van der Waals surface area contributed by atoms with Gasteiger partial charge in [-0.05, 0) is 62.0 Å². The van der Waals surface area contributed by atoms with Gasteiger partial charge in [-0.3, -0.25) is 4.90 Å². The van der Waals surface area contributed by atoms with E-state index in [2.05, 4.69) is 113 Å². The highest BCUT2D eigenvalue weighted by atomic mass is 15.6. The summed E-state index contributed by atoms with van der Waals surface area (Å²) >= 11 is 0. The predicted octanol–water partition coefficient (Wildman–Crippen LogP) is 5.35. The van der Waals surface area contributed by atoms with E-state index in [1.165, 1.54) is 19.3 Å². The fraction of sp³-hybridized carbons (Fsp3) is 0.500. The third-order valence-corrected chi connectivity index (χ3v) is 8.92. The summed E-state index contributed by atoms with van der Waals surface area (Å²) < 4.78 is 0. The van der Waals surface area contributed by atoms with Gasteiger partial charge in [0.1, 0.15) is 0 Å². The van der Waals surface area contributed by atoms with Gasteiger partial charge in [0.25, 0.3) is 0 Å². The van der Waals surface area contributed by atoms with E-state index in [0.717, 1.165) is 38.3 Å². The molecule has 0 aromatic carbocycles. The largest absolute Gasteiger partial charge is 0.303 e. The van der Waals surface area contributed by atoms with E-state index in [4.69, 9.17) is 0 Å². The van der Waals surface area contributed by atoms with Crippen molar-refractivity contribution < 1.29 is 0 Å². The van der Waals surface area contributed by atoms with E-state index in [1.807, 2.05) is 0 Å². The molecule has 0 bridgehead atoms. The number of fused-ring (bicyclic) bond motifs is 3. The van der Waals surface area contributed by atoms with E-state index < -0.39 is 0 Å². The number of nitrogens with zero attached hydrogens (tertiary/aromatic N) is 2. The Bertz CT molecular complexity index is 1040. The van der Waals surface area contributed by atoms with E-state index in [0.29, 0.717) is 36.1 Å². The van der Waals surface area contributed by atoms with Gasteiger partial charge >= 0.3 is 0 Å². The molecule has 2 N–H and O–H groups in total. The molecule has 0 amide bonds. The van der Waals surface area contributed by atoms with E-state index in [9.17, 15) is 0 Å². The van der Waals surface area contributed by atoms with Crippen LogP contribution in [0.5, 0.6) is 0 Å². The Balaban J connectivity index is 1.13. The van der Waals surface area contributed by atoms with Gasteiger partial charge in [-0.2, -0.15) is 0 Å². The SMILES string of the molecule is CN(CN1C2CC=CC=C2C2C(NC3C=CC(C4CC=CCC4)=CC3)C=CCC21)NC1C=CC=CC1. The summed E-state index contributed by atoms with van der Waals surface area (Å²) in [5, 5.41) is 6.36. The van der Waals surface area contributed by atoms with E-state index >= 15 is 0 Å². The van der Waals surface area contributed by atoms with Gasteiger partial charge in [-0.25, -0.2) is 10.4 Å². The molecule has 1 fully saturated rings. The third-order valence-electron chi connectivity index (χ3n) is 8.92. The lowest BCUT2D eigenvalue weighted by Gasteiger charge is -2.38. The van der Waals surface area contributed by atoms with Crippen molar-refractivity contribution in [1.82, 2.24) is 20.7 Å². The van der Waals surface area contributed by atoms with Crippen LogP contribution in [0, 0.1) is 11.8 Å². The third kappa shape index (κ3) is 5.10. The van der Waals surface area contributed by atoms with Crippen molar-refractivity contribution >= 4 is 0 Å². The van der Waals surface area contributed by atoms with Crippen LogP contribution in [0.2, 0.25) is 0 Å². The highest BCUT2D eigenvalue weighted by Gasteiger charge is 2.48. The molecule has 0 radical (unpaired) electrons. The minimum Gasteiger partial charge on any atom is -0.303 e. The Morgan fingerprint density at radius 3 is 2.64 bits per heavy atom. The normalized spacial score (nSPS) is 37.2. The maximum atomic E-state index is 4.06. The summed E-state index contributed by atoms with van der Waals surface area (Å²) in [6, 6.07) is 2.25. The van der Waals surface area contributed by atoms with Gasteiger partial charge < -0.3 is 5.32 Å². The molecule has 0 saturated carbocycles. The molecule has 1 aliphatic heterocycles. The van der Waals surface area contributed by atoms with Crippen molar-refractivity contribution in [2.45, 2.75) is 75.2 Å². The Hall–Kier alpha value is -2.24. The molecule has 0 aromatic heterocycles. The summed E-state index contributed by atoms with van der Waals surface area (Å²) in [4.78, 5) is 2.76. The molecule has 36 heavy (non-hydrogen) atoms. The number of hydrazine groups is 1. The van der Waals surface area contributed by atoms with Crippen molar-refractivity contribution in [3.8, 4) is 0 Å². The zero-order valence-corrected chi connectivity index (χ0v) is 21.7. The molecule has 1 saturated heterocycles. The Morgan fingerprint density at radius 1 is 0.889 bits per heavy atom. The molecule has 4 heteroatoms. The molecule has 6 rings (SSSR count). The topological polar surface area (TPSA) is 30.5 Å². The van der Waals surface area contributed by atoms with Crippen molar-refractivity contribution in [3.63, 3.8) is 0 Å². The van der Waals surface area contributed by atoms with Gasteiger partial charge in [0, 0.05) is 43.2 Å². The van der Waals surface area contributed by atoms with Crippen molar-refractivity contribution in [2.24, 2.45) is 11.8 Å². The summed E-state index contributed by atoms with van der Waals surface area (Å²) in [6.45, 7) is 0.941. The first kappa shape index (κ1) is 24.1. The second kappa shape index (κ2) is 11.0. The second-order valence-electron chi connectivity index (χ2n) is 11.3. The van der Waals surface area contributed by atoms with Crippen LogP contribution in [0.1, 0.15) is 44.9 Å². The smallest absolute Gasteiger partial charge is 0.0650 e. The molecule has 5 aliphatic carbocycles. The number of allylic oxidation sites excluding steroid dienone is 8. The number of hydrogen-bond donors (Lipinski definition) is 2. The quantitative estimate of drug-likeness (QED) is 0.378.